The second-order valence-corrected chi connectivity index (χ2v) is 10.7. The molecule has 0 radical (unpaired) electrons. The summed E-state index contributed by atoms with van der Waals surface area (Å²) in [4.78, 5) is 42.6. The van der Waals surface area contributed by atoms with E-state index in [1.165, 1.54) is 17.7 Å². The molecule has 0 saturated carbocycles. The molecule has 1 fully saturated rings. The number of imidazole rings is 1. The molecule has 11 heteroatoms. The first-order valence-electron chi connectivity index (χ1n) is 13.1. The molecule has 1 saturated heterocycles. The molecular formula is C29H28N6O4S. The number of fused-ring (bicyclic) bond motifs is 1. The Balaban J connectivity index is 1.29. The molecule has 0 bridgehead atoms. The Hall–Kier alpha value is -4.35. The van der Waals surface area contributed by atoms with Crippen LogP contribution in [0.5, 0.6) is 0 Å². The molecule has 1 aromatic carbocycles. The number of nitrogens with one attached hydrogen (secondary N) is 1. The molecule has 1 N–H and O–H groups in total. The maximum absolute atomic E-state index is 13.3. The number of carbonyl (C=O) groups is 2. The van der Waals surface area contributed by atoms with E-state index < -0.39 is 0 Å². The number of rotatable bonds is 8. The van der Waals surface area contributed by atoms with Crippen LogP contribution in [0.15, 0.2) is 71.7 Å². The van der Waals surface area contributed by atoms with Crippen molar-refractivity contribution in [3.8, 4) is 10.6 Å². The second-order valence-electron chi connectivity index (χ2n) is 9.60. The number of anilines is 2. The minimum absolute atomic E-state index is 0.0483. The SMILES string of the molecule is CN(C(=O)C1CCOCC1)c1ccc2c(c1)nc(NC(=O)c1ccc(-c3cnco3)s1)n2CCc1ccccn1. The summed E-state index contributed by atoms with van der Waals surface area (Å²) in [6.07, 6.45) is 6.86. The monoisotopic (exact) mass is 556 g/mol. The average molecular weight is 557 g/mol. The summed E-state index contributed by atoms with van der Waals surface area (Å²) in [5.74, 6) is 0.802. The number of nitrogens with zero attached hydrogens (tertiary/aromatic N) is 5. The van der Waals surface area contributed by atoms with E-state index in [9.17, 15) is 9.59 Å². The van der Waals surface area contributed by atoms with Crippen molar-refractivity contribution in [3.05, 3.63) is 77.9 Å². The highest BCUT2D eigenvalue weighted by Gasteiger charge is 2.26. The summed E-state index contributed by atoms with van der Waals surface area (Å²) in [6, 6.07) is 15.2. The molecule has 1 aliphatic rings. The Labute approximate surface area is 234 Å². The van der Waals surface area contributed by atoms with Gasteiger partial charge in [0.2, 0.25) is 11.9 Å². The van der Waals surface area contributed by atoms with E-state index in [0.29, 0.717) is 48.3 Å². The number of hydrogen-bond donors (Lipinski definition) is 1. The van der Waals surface area contributed by atoms with Crippen LogP contribution >= 0.6 is 11.3 Å². The molecule has 0 aliphatic carbocycles. The number of pyridine rings is 1. The summed E-state index contributed by atoms with van der Waals surface area (Å²) in [7, 11) is 1.79. The molecule has 0 atom stereocenters. The summed E-state index contributed by atoms with van der Waals surface area (Å²) in [5.41, 5.74) is 3.24. The second kappa shape index (κ2) is 11.4. The number of amides is 2. The van der Waals surface area contributed by atoms with Crippen LogP contribution in [0, 0.1) is 5.92 Å². The third kappa shape index (κ3) is 5.38. The average Bonchev–Trinajstić information content (AvgIpc) is 3.76. The zero-order chi connectivity index (χ0) is 27.5. The van der Waals surface area contributed by atoms with Crippen molar-refractivity contribution < 1.29 is 18.7 Å². The topological polar surface area (TPSA) is 115 Å². The van der Waals surface area contributed by atoms with Gasteiger partial charge >= 0.3 is 0 Å². The van der Waals surface area contributed by atoms with Crippen molar-refractivity contribution in [1.29, 1.82) is 0 Å². The van der Waals surface area contributed by atoms with Gasteiger partial charge in [-0.3, -0.25) is 19.9 Å². The van der Waals surface area contributed by atoms with Crippen LogP contribution in [0.25, 0.3) is 21.7 Å². The summed E-state index contributed by atoms with van der Waals surface area (Å²) < 4.78 is 12.8. The van der Waals surface area contributed by atoms with Crippen LogP contribution in [0.2, 0.25) is 0 Å². The Bertz CT molecular complexity index is 1620. The van der Waals surface area contributed by atoms with E-state index in [2.05, 4.69) is 15.3 Å². The van der Waals surface area contributed by atoms with Gasteiger partial charge in [0.25, 0.3) is 5.91 Å². The molecule has 204 valence electrons. The zero-order valence-electron chi connectivity index (χ0n) is 21.9. The summed E-state index contributed by atoms with van der Waals surface area (Å²) in [5, 5.41) is 3.00. The van der Waals surface area contributed by atoms with Gasteiger partial charge in [-0.05, 0) is 55.3 Å². The Morgan fingerprint density at radius 3 is 2.80 bits per heavy atom. The van der Waals surface area contributed by atoms with E-state index in [1.807, 2.05) is 47.0 Å². The number of aryl methyl sites for hydroxylation is 2. The normalized spacial score (nSPS) is 13.9. The minimum Gasteiger partial charge on any atom is -0.443 e. The largest absolute Gasteiger partial charge is 0.443 e. The fourth-order valence-electron chi connectivity index (χ4n) is 4.86. The quantitative estimate of drug-likeness (QED) is 0.285. The Morgan fingerprint density at radius 2 is 2.02 bits per heavy atom. The molecule has 40 heavy (non-hydrogen) atoms. The molecule has 1 aliphatic heterocycles. The van der Waals surface area contributed by atoms with Crippen LogP contribution in [0.4, 0.5) is 11.6 Å². The lowest BCUT2D eigenvalue weighted by Crippen LogP contribution is -2.35. The molecule has 0 spiro atoms. The minimum atomic E-state index is -0.266. The zero-order valence-corrected chi connectivity index (χ0v) is 22.8. The maximum Gasteiger partial charge on any atom is 0.268 e. The summed E-state index contributed by atoms with van der Waals surface area (Å²) in [6.45, 7) is 1.78. The molecular weight excluding hydrogens is 528 g/mol. The van der Waals surface area contributed by atoms with Gasteiger partial charge in [-0.2, -0.15) is 0 Å². The van der Waals surface area contributed by atoms with E-state index in [0.717, 1.165) is 34.6 Å². The van der Waals surface area contributed by atoms with E-state index >= 15 is 0 Å². The number of oxazole rings is 1. The van der Waals surface area contributed by atoms with Crippen molar-refractivity contribution in [2.24, 2.45) is 5.92 Å². The number of benzene rings is 1. The smallest absolute Gasteiger partial charge is 0.268 e. The molecule has 6 rings (SSSR count). The predicted molar refractivity (Wildman–Crippen MR) is 152 cm³/mol. The van der Waals surface area contributed by atoms with Gasteiger partial charge in [-0.15, -0.1) is 11.3 Å². The first-order valence-corrected chi connectivity index (χ1v) is 13.9. The third-order valence-electron chi connectivity index (χ3n) is 7.07. The highest BCUT2D eigenvalue weighted by Crippen LogP contribution is 2.30. The van der Waals surface area contributed by atoms with Crippen molar-refractivity contribution in [2.45, 2.75) is 25.8 Å². The third-order valence-corrected chi connectivity index (χ3v) is 8.17. The van der Waals surface area contributed by atoms with Gasteiger partial charge in [-0.1, -0.05) is 6.07 Å². The highest BCUT2D eigenvalue weighted by molar-refractivity contribution is 7.17. The van der Waals surface area contributed by atoms with E-state index in [-0.39, 0.29) is 17.7 Å². The lowest BCUT2D eigenvalue weighted by molar-refractivity contribution is -0.124. The van der Waals surface area contributed by atoms with E-state index in [1.54, 1.807) is 30.4 Å². The van der Waals surface area contributed by atoms with Crippen LogP contribution in [0.3, 0.4) is 0 Å². The first-order chi connectivity index (χ1) is 19.6. The van der Waals surface area contributed by atoms with Crippen LogP contribution in [-0.2, 0) is 22.5 Å². The van der Waals surface area contributed by atoms with Crippen molar-refractivity contribution >= 4 is 45.8 Å². The standard InChI is InChI=1S/C29H28N6O4S/c1-34(28(37)19-10-14-38-15-11-19)21-5-6-23-22(16-21)32-29(35(23)13-9-20-4-2-3-12-31-20)33-27(36)26-8-7-25(40-26)24-17-30-18-39-24/h2-8,12,16-19H,9-11,13-15H2,1H3,(H,32,33,36). The molecule has 0 unspecified atom stereocenters. The van der Waals surface area contributed by atoms with Gasteiger partial charge in [-0.25, -0.2) is 9.97 Å². The predicted octanol–water partition coefficient (Wildman–Crippen LogP) is 5.03. The van der Waals surface area contributed by atoms with E-state index in [4.69, 9.17) is 14.1 Å². The van der Waals surface area contributed by atoms with Crippen molar-refractivity contribution in [1.82, 2.24) is 19.5 Å². The molecule has 4 aromatic heterocycles. The van der Waals surface area contributed by atoms with Gasteiger partial charge in [0.1, 0.15) is 0 Å². The number of thiophene rings is 1. The summed E-state index contributed by atoms with van der Waals surface area (Å²) >= 11 is 1.32. The lowest BCUT2D eigenvalue weighted by atomic mass is 9.98. The highest BCUT2D eigenvalue weighted by atomic mass is 32.1. The van der Waals surface area contributed by atoms with Gasteiger partial charge in [0.05, 0.1) is 27.0 Å². The van der Waals surface area contributed by atoms with Gasteiger partial charge in [0.15, 0.2) is 12.2 Å². The van der Waals surface area contributed by atoms with Crippen LogP contribution in [-0.4, -0.2) is 51.6 Å². The van der Waals surface area contributed by atoms with Crippen LogP contribution < -0.4 is 10.2 Å². The number of carbonyl (C=O) groups excluding carboxylic acids is 2. The van der Waals surface area contributed by atoms with Crippen molar-refractivity contribution in [3.63, 3.8) is 0 Å². The van der Waals surface area contributed by atoms with Gasteiger partial charge in [0, 0.05) is 56.7 Å². The maximum atomic E-state index is 13.3. The molecule has 5 aromatic rings. The first kappa shape index (κ1) is 25.9. The fourth-order valence-corrected chi connectivity index (χ4v) is 5.71. The lowest BCUT2D eigenvalue weighted by Gasteiger charge is -2.26. The Morgan fingerprint density at radius 1 is 1.15 bits per heavy atom. The Kier molecular flexibility index (Phi) is 7.39. The molecule has 2 amide bonds. The number of hydrogen-bond acceptors (Lipinski definition) is 8. The fraction of sp³-hybridized carbons (Fsp3) is 0.276. The van der Waals surface area contributed by atoms with Crippen LogP contribution in [0.1, 0.15) is 28.2 Å². The molecule has 5 heterocycles. The molecule has 10 nitrogen and oxygen atoms in total. The van der Waals surface area contributed by atoms with Gasteiger partial charge < -0.3 is 18.6 Å². The number of aromatic nitrogens is 4. The number of ether oxygens (including phenoxy) is 1. The van der Waals surface area contributed by atoms with Crippen molar-refractivity contribution in [2.75, 3.05) is 30.5 Å².